The summed E-state index contributed by atoms with van der Waals surface area (Å²) in [5, 5.41) is 13.8. The molecule has 1 fully saturated rings. The molecule has 0 radical (unpaired) electrons. The van der Waals surface area contributed by atoms with Gasteiger partial charge in [-0.15, -0.1) is 0 Å². The van der Waals surface area contributed by atoms with E-state index >= 15 is 0 Å². The fraction of sp³-hybridized carbons (Fsp3) is 0.440. The SMILES string of the molecule is C[C@@H](NS(=O)(=O)c1ccc([N+](=O)[O-])cc1)[C@@H](NC(=O)[C@@H]1CCCN1C(=O)OC(C)(C)C)c1ccccc1. The first-order valence-corrected chi connectivity index (χ1v) is 13.4. The summed E-state index contributed by atoms with van der Waals surface area (Å²) in [5.74, 6) is -0.418. The van der Waals surface area contributed by atoms with E-state index in [4.69, 9.17) is 4.74 Å². The Bertz CT molecular complexity index is 1230. The first-order chi connectivity index (χ1) is 17.3. The number of ether oxygens (including phenoxy) is 1. The number of carbonyl (C=O) groups is 2. The molecule has 2 aromatic rings. The molecule has 11 nitrogen and oxygen atoms in total. The number of rotatable bonds is 8. The van der Waals surface area contributed by atoms with E-state index in [2.05, 4.69) is 10.0 Å². The first-order valence-electron chi connectivity index (χ1n) is 11.9. The first kappa shape index (κ1) is 28.1. The number of likely N-dealkylation sites (tertiary alicyclic amines) is 1. The van der Waals surface area contributed by atoms with Crippen LogP contribution in [0.15, 0.2) is 59.5 Å². The molecule has 3 atom stereocenters. The summed E-state index contributed by atoms with van der Waals surface area (Å²) in [6, 6.07) is 11.1. The predicted octanol–water partition coefficient (Wildman–Crippen LogP) is 3.52. The molecule has 0 aromatic heterocycles. The van der Waals surface area contributed by atoms with Gasteiger partial charge in [-0.3, -0.25) is 19.8 Å². The lowest BCUT2D eigenvalue weighted by molar-refractivity contribution is -0.384. The molecule has 1 heterocycles. The van der Waals surface area contributed by atoms with Gasteiger partial charge in [-0.1, -0.05) is 30.3 Å². The van der Waals surface area contributed by atoms with E-state index in [9.17, 15) is 28.1 Å². The molecule has 37 heavy (non-hydrogen) atoms. The van der Waals surface area contributed by atoms with Gasteiger partial charge < -0.3 is 10.1 Å². The van der Waals surface area contributed by atoms with Crippen LogP contribution in [0.5, 0.6) is 0 Å². The molecule has 0 saturated carbocycles. The van der Waals surface area contributed by atoms with Gasteiger partial charge in [0, 0.05) is 24.7 Å². The van der Waals surface area contributed by atoms with Crippen molar-refractivity contribution in [3.8, 4) is 0 Å². The lowest BCUT2D eigenvalue weighted by Gasteiger charge is -2.31. The highest BCUT2D eigenvalue weighted by atomic mass is 32.2. The van der Waals surface area contributed by atoms with Crippen molar-refractivity contribution in [3.05, 3.63) is 70.3 Å². The zero-order chi connectivity index (χ0) is 27.4. The van der Waals surface area contributed by atoms with Gasteiger partial charge in [0.25, 0.3) is 5.69 Å². The minimum atomic E-state index is -4.06. The molecule has 0 unspecified atom stereocenters. The quantitative estimate of drug-likeness (QED) is 0.390. The second-order valence-electron chi connectivity index (χ2n) is 9.89. The molecular formula is C25H32N4O7S. The van der Waals surface area contributed by atoms with E-state index in [1.807, 2.05) is 0 Å². The Morgan fingerprint density at radius 1 is 1.11 bits per heavy atom. The van der Waals surface area contributed by atoms with E-state index in [1.165, 1.54) is 4.90 Å². The molecule has 2 aromatic carbocycles. The van der Waals surface area contributed by atoms with Gasteiger partial charge in [-0.05, 0) is 58.2 Å². The summed E-state index contributed by atoms with van der Waals surface area (Å²) in [4.78, 5) is 37.6. The van der Waals surface area contributed by atoms with Gasteiger partial charge in [-0.25, -0.2) is 17.9 Å². The summed E-state index contributed by atoms with van der Waals surface area (Å²) in [6.07, 6.45) is 0.513. The maximum atomic E-state index is 13.3. The molecule has 200 valence electrons. The smallest absolute Gasteiger partial charge is 0.410 e. The molecule has 12 heteroatoms. The van der Waals surface area contributed by atoms with Crippen molar-refractivity contribution in [2.75, 3.05) is 6.54 Å². The minimum Gasteiger partial charge on any atom is -0.444 e. The monoisotopic (exact) mass is 532 g/mol. The van der Waals surface area contributed by atoms with E-state index in [-0.39, 0.29) is 10.6 Å². The van der Waals surface area contributed by atoms with Crippen LogP contribution in [0.1, 0.15) is 52.1 Å². The van der Waals surface area contributed by atoms with Crippen LogP contribution in [0.3, 0.4) is 0 Å². The van der Waals surface area contributed by atoms with Gasteiger partial charge in [0.15, 0.2) is 0 Å². The molecule has 0 spiro atoms. The number of non-ortho nitro benzene ring substituents is 1. The molecule has 1 saturated heterocycles. The third-order valence-corrected chi connectivity index (χ3v) is 7.41. The average molecular weight is 533 g/mol. The normalized spacial score (nSPS) is 17.6. The number of benzene rings is 2. The van der Waals surface area contributed by atoms with Crippen LogP contribution < -0.4 is 10.0 Å². The second-order valence-corrected chi connectivity index (χ2v) is 11.6. The highest BCUT2D eigenvalue weighted by molar-refractivity contribution is 7.89. The zero-order valence-corrected chi connectivity index (χ0v) is 22.0. The van der Waals surface area contributed by atoms with Crippen molar-refractivity contribution in [1.82, 2.24) is 14.9 Å². The fourth-order valence-electron chi connectivity index (χ4n) is 4.11. The topological polar surface area (TPSA) is 148 Å². The summed E-state index contributed by atoms with van der Waals surface area (Å²) in [7, 11) is -4.06. The van der Waals surface area contributed by atoms with Crippen LogP contribution in [-0.2, 0) is 19.6 Å². The maximum Gasteiger partial charge on any atom is 0.410 e. The van der Waals surface area contributed by atoms with Gasteiger partial charge in [-0.2, -0.15) is 0 Å². The number of hydrogen-bond donors (Lipinski definition) is 2. The van der Waals surface area contributed by atoms with Crippen LogP contribution in [0, 0.1) is 10.1 Å². The summed E-state index contributed by atoms with van der Waals surface area (Å²) in [6.45, 7) is 7.24. The molecule has 2 N–H and O–H groups in total. The predicted molar refractivity (Wildman–Crippen MR) is 136 cm³/mol. The van der Waals surface area contributed by atoms with Crippen LogP contribution in [0.2, 0.25) is 0 Å². The molecule has 1 aliphatic rings. The highest BCUT2D eigenvalue weighted by Crippen LogP contribution is 2.24. The van der Waals surface area contributed by atoms with E-state index in [1.54, 1.807) is 58.0 Å². The Labute approximate surface area is 216 Å². The Kier molecular flexibility index (Phi) is 8.54. The van der Waals surface area contributed by atoms with Crippen molar-refractivity contribution in [3.63, 3.8) is 0 Å². The van der Waals surface area contributed by atoms with Crippen molar-refractivity contribution in [1.29, 1.82) is 0 Å². The van der Waals surface area contributed by atoms with Gasteiger partial charge in [0.05, 0.1) is 15.9 Å². The standard InChI is InChI=1S/C25H32N4O7S/c1-17(27-37(34,35)20-14-12-19(13-15-20)29(32)33)22(18-9-6-5-7-10-18)26-23(30)21-11-8-16-28(21)24(31)36-25(2,3)4/h5-7,9-10,12-15,17,21-22,27H,8,11,16H2,1-4H3,(H,26,30)/t17-,21+,22-/m1/s1. The maximum absolute atomic E-state index is 13.3. The fourth-order valence-corrected chi connectivity index (χ4v) is 5.37. The van der Waals surface area contributed by atoms with Crippen molar-refractivity contribution in [2.24, 2.45) is 0 Å². The third-order valence-electron chi connectivity index (χ3n) is 5.84. The minimum absolute atomic E-state index is 0.144. The van der Waals surface area contributed by atoms with Crippen LogP contribution >= 0.6 is 0 Å². The Hall–Kier alpha value is -3.51. The van der Waals surface area contributed by atoms with E-state index < -0.39 is 50.7 Å². The Morgan fingerprint density at radius 2 is 1.73 bits per heavy atom. The van der Waals surface area contributed by atoms with Crippen molar-refractivity contribution < 1.29 is 27.7 Å². The lowest BCUT2D eigenvalue weighted by atomic mass is 10.0. The van der Waals surface area contributed by atoms with Crippen LogP contribution in [-0.4, -0.2) is 54.5 Å². The Balaban J connectivity index is 1.81. The van der Waals surface area contributed by atoms with Crippen LogP contribution in [0.25, 0.3) is 0 Å². The number of nitro benzene ring substituents is 1. The van der Waals surface area contributed by atoms with Crippen LogP contribution in [0.4, 0.5) is 10.5 Å². The number of hydrogen-bond acceptors (Lipinski definition) is 7. The molecular weight excluding hydrogens is 500 g/mol. The average Bonchev–Trinajstić information content (AvgIpc) is 3.32. The Morgan fingerprint density at radius 3 is 2.30 bits per heavy atom. The summed E-state index contributed by atoms with van der Waals surface area (Å²) in [5.41, 5.74) is -0.276. The largest absolute Gasteiger partial charge is 0.444 e. The highest BCUT2D eigenvalue weighted by Gasteiger charge is 2.38. The lowest BCUT2D eigenvalue weighted by Crippen LogP contribution is -2.51. The molecule has 0 aliphatic carbocycles. The number of amides is 2. The van der Waals surface area contributed by atoms with Gasteiger partial charge in [0.2, 0.25) is 15.9 Å². The molecule has 0 bridgehead atoms. The zero-order valence-electron chi connectivity index (χ0n) is 21.2. The summed E-state index contributed by atoms with van der Waals surface area (Å²) >= 11 is 0. The van der Waals surface area contributed by atoms with Crippen molar-refractivity contribution in [2.45, 2.75) is 69.2 Å². The van der Waals surface area contributed by atoms with E-state index in [0.29, 0.717) is 24.9 Å². The third kappa shape index (κ3) is 7.26. The number of carbonyl (C=O) groups excluding carboxylic acids is 2. The second kappa shape index (κ2) is 11.3. The van der Waals surface area contributed by atoms with Gasteiger partial charge in [0.1, 0.15) is 11.6 Å². The molecule has 1 aliphatic heterocycles. The molecule has 3 rings (SSSR count). The number of nitrogens with one attached hydrogen (secondary N) is 2. The molecule has 2 amide bonds. The summed E-state index contributed by atoms with van der Waals surface area (Å²) < 4.78 is 34.0. The van der Waals surface area contributed by atoms with Crippen molar-refractivity contribution >= 4 is 27.7 Å². The number of nitro groups is 1. The number of sulfonamides is 1. The van der Waals surface area contributed by atoms with Gasteiger partial charge >= 0.3 is 6.09 Å². The number of nitrogens with zero attached hydrogens (tertiary/aromatic N) is 2. The van der Waals surface area contributed by atoms with E-state index in [0.717, 1.165) is 24.3 Å².